The molecule has 5 rings (SSSR count). The van der Waals surface area contributed by atoms with Crippen molar-refractivity contribution >= 4 is 21.5 Å². The van der Waals surface area contributed by atoms with Crippen molar-refractivity contribution in [1.82, 2.24) is 0 Å². The van der Waals surface area contributed by atoms with Crippen LogP contribution in [0.1, 0.15) is 5.56 Å². The van der Waals surface area contributed by atoms with E-state index in [-0.39, 0.29) is 6.07 Å². The molecule has 0 unspecified atom stereocenters. The summed E-state index contributed by atoms with van der Waals surface area (Å²) in [6.07, 6.45) is -6.03. The second-order valence-electron chi connectivity index (χ2n) is 8.55. The summed E-state index contributed by atoms with van der Waals surface area (Å²) < 4.78 is 202. The highest BCUT2D eigenvalue weighted by molar-refractivity contribution is 6.22. The van der Waals surface area contributed by atoms with E-state index in [4.69, 9.17) is 0 Å². The van der Waals surface area contributed by atoms with Crippen molar-refractivity contribution in [1.29, 1.82) is 0 Å². The van der Waals surface area contributed by atoms with Crippen LogP contribution in [0.5, 0.6) is 0 Å². The molecule has 0 aliphatic rings. The molecule has 0 aromatic heterocycles. The monoisotopic (exact) mass is 596 g/mol. The molecule has 0 bridgehead atoms. The van der Waals surface area contributed by atoms with Crippen LogP contribution in [0.25, 0.3) is 43.8 Å². The lowest BCUT2D eigenvalue weighted by Gasteiger charge is -2.21. The molecule has 0 aliphatic heterocycles. The third kappa shape index (κ3) is 3.98. The molecule has 14 heteroatoms. The summed E-state index contributed by atoms with van der Waals surface area (Å²) in [5.41, 5.74) is -9.02. The zero-order valence-electron chi connectivity index (χ0n) is 19.3. The van der Waals surface area contributed by atoms with Gasteiger partial charge in [0.2, 0.25) is 0 Å². The minimum absolute atomic E-state index is 0.203. The Morgan fingerprint density at radius 1 is 0.439 bits per heavy atom. The lowest BCUT2D eigenvalue weighted by atomic mass is 9.84. The average molecular weight is 596 g/mol. The number of rotatable bonds is 2. The van der Waals surface area contributed by atoms with Gasteiger partial charge in [-0.2, -0.15) is 13.2 Å². The number of halogens is 14. The van der Waals surface area contributed by atoms with Crippen LogP contribution < -0.4 is 0 Å². The van der Waals surface area contributed by atoms with Crippen molar-refractivity contribution in [3.63, 3.8) is 0 Å². The topological polar surface area (TPSA) is 0 Å². The summed E-state index contributed by atoms with van der Waals surface area (Å²) in [6, 6.07) is 3.41. The summed E-state index contributed by atoms with van der Waals surface area (Å²) in [5, 5.41) is -5.59. The van der Waals surface area contributed by atoms with E-state index in [2.05, 4.69) is 0 Å². The van der Waals surface area contributed by atoms with E-state index in [1.54, 1.807) is 0 Å². The zero-order chi connectivity index (χ0) is 30.3. The third-order valence-corrected chi connectivity index (χ3v) is 6.30. The first-order valence-electron chi connectivity index (χ1n) is 10.9. The van der Waals surface area contributed by atoms with E-state index in [0.717, 1.165) is 12.1 Å². The van der Waals surface area contributed by atoms with Crippen LogP contribution in [0.4, 0.5) is 61.5 Å². The van der Waals surface area contributed by atoms with Crippen LogP contribution >= 0.6 is 0 Å². The summed E-state index contributed by atoms with van der Waals surface area (Å²) in [7, 11) is 0. The van der Waals surface area contributed by atoms with Crippen molar-refractivity contribution in [2.24, 2.45) is 0 Å². The van der Waals surface area contributed by atoms with E-state index in [1.165, 1.54) is 0 Å². The summed E-state index contributed by atoms with van der Waals surface area (Å²) in [4.78, 5) is 0. The van der Waals surface area contributed by atoms with Crippen molar-refractivity contribution in [2.45, 2.75) is 6.18 Å². The molecule has 0 nitrogen and oxygen atoms in total. The molecule has 0 spiro atoms. The van der Waals surface area contributed by atoms with Gasteiger partial charge in [0, 0.05) is 38.9 Å². The SMILES string of the molecule is Fc1ccc(-c2c3cccc(F)c3c(-c3c(F)c(F)c(C(F)(F)F)c(F)c3F)c3c(F)c(F)c(F)c(F)c23)c(F)c1. The maximum atomic E-state index is 15.4. The number of hydrogen-bond donors (Lipinski definition) is 0. The van der Waals surface area contributed by atoms with Gasteiger partial charge in [0.25, 0.3) is 0 Å². The van der Waals surface area contributed by atoms with Crippen LogP contribution in [-0.4, -0.2) is 0 Å². The first-order chi connectivity index (χ1) is 19.1. The third-order valence-electron chi connectivity index (χ3n) is 6.30. The molecule has 0 N–H and O–H groups in total. The average Bonchev–Trinajstić information content (AvgIpc) is 2.89. The molecule has 0 radical (unpaired) electrons. The molecule has 5 aromatic carbocycles. The Hall–Kier alpha value is -4.36. The normalized spacial score (nSPS) is 12.1. The Labute approximate surface area is 218 Å². The smallest absolute Gasteiger partial charge is 0.207 e. The highest BCUT2D eigenvalue weighted by Crippen LogP contribution is 2.50. The van der Waals surface area contributed by atoms with Gasteiger partial charge < -0.3 is 0 Å². The van der Waals surface area contributed by atoms with Crippen LogP contribution in [0.2, 0.25) is 0 Å². The fourth-order valence-corrected chi connectivity index (χ4v) is 4.67. The predicted octanol–water partition coefficient (Wildman–Crippen LogP) is 9.88. The first kappa shape index (κ1) is 28.2. The molecule has 0 fully saturated rings. The van der Waals surface area contributed by atoms with Gasteiger partial charge in [-0.25, -0.2) is 48.3 Å². The van der Waals surface area contributed by atoms with Gasteiger partial charge in [0.15, 0.2) is 46.5 Å². The Kier molecular flexibility index (Phi) is 6.42. The Bertz CT molecular complexity index is 1910. The van der Waals surface area contributed by atoms with E-state index < -0.39 is 120 Å². The Morgan fingerprint density at radius 3 is 1.49 bits per heavy atom. The molecule has 41 heavy (non-hydrogen) atoms. The Balaban J connectivity index is 2.18. The van der Waals surface area contributed by atoms with Crippen molar-refractivity contribution in [3.8, 4) is 22.3 Å². The van der Waals surface area contributed by atoms with Gasteiger partial charge in [-0.1, -0.05) is 12.1 Å². The lowest BCUT2D eigenvalue weighted by molar-refractivity contribution is -0.143. The highest BCUT2D eigenvalue weighted by atomic mass is 19.4. The quantitative estimate of drug-likeness (QED) is 0.0824. The predicted molar refractivity (Wildman–Crippen MR) is 117 cm³/mol. The maximum Gasteiger partial charge on any atom is 0.422 e. The van der Waals surface area contributed by atoms with Gasteiger partial charge in [0.05, 0.1) is 5.56 Å². The molecular formula is C27H6F14. The van der Waals surface area contributed by atoms with Crippen molar-refractivity contribution in [2.75, 3.05) is 0 Å². The van der Waals surface area contributed by atoms with E-state index >= 15 is 22.0 Å². The minimum atomic E-state index is -6.03. The highest BCUT2D eigenvalue weighted by Gasteiger charge is 2.43. The molecule has 0 atom stereocenters. The number of alkyl halides is 3. The standard InChI is InChI=1S/C27H6F14/c28-7-4-5-8(11(30)6-7)12-9-2-1-3-10(29)13(9)14(16-15(12)19(31)25(37)26(38)20(16)32)17-21(33)23(35)18(27(39,40)41)24(36)22(17)34/h1-6H. The number of hydrogen-bond acceptors (Lipinski definition) is 0. The Morgan fingerprint density at radius 2 is 0.976 bits per heavy atom. The van der Waals surface area contributed by atoms with Gasteiger partial charge in [0.1, 0.15) is 23.0 Å². The second-order valence-corrected chi connectivity index (χ2v) is 8.55. The van der Waals surface area contributed by atoms with E-state index in [9.17, 15) is 39.5 Å². The fraction of sp³-hybridized carbons (Fsp3) is 0.0370. The van der Waals surface area contributed by atoms with Gasteiger partial charge in [-0.15, -0.1) is 0 Å². The molecule has 0 saturated heterocycles. The summed E-state index contributed by atoms with van der Waals surface area (Å²) >= 11 is 0. The van der Waals surface area contributed by atoms with Crippen LogP contribution in [0.15, 0.2) is 36.4 Å². The molecule has 5 aromatic rings. The maximum absolute atomic E-state index is 15.4. The largest absolute Gasteiger partial charge is 0.422 e. The van der Waals surface area contributed by atoms with Crippen molar-refractivity contribution in [3.05, 3.63) is 106 Å². The molecule has 0 aliphatic carbocycles. The molecule has 0 amide bonds. The summed E-state index contributed by atoms with van der Waals surface area (Å²) in [6.45, 7) is 0. The van der Waals surface area contributed by atoms with E-state index in [1.807, 2.05) is 0 Å². The van der Waals surface area contributed by atoms with Gasteiger partial charge >= 0.3 is 6.18 Å². The summed E-state index contributed by atoms with van der Waals surface area (Å²) in [5.74, 6) is -26.5. The fourth-order valence-electron chi connectivity index (χ4n) is 4.67. The first-order valence-corrected chi connectivity index (χ1v) is 10.9. The molecule has 212 valence electrons. The molecular weight excluding hydrogens is 590 g/mol. The van der Waals surface area contributed by atoms with E-state index in [0.29, 0.717) is 18.2 Å². The van der Waals surface area contributed by atoms with Gasteiger partial charge in [-0.3, -0.25) is 0 Å². The van der Waals surface area contributed by atoms with Crippen LogP contribution in [0, 0.1) is 64.0 Å². The zero-order valence-corrected chi connectivity index (χ0v) is 19.3. The second kappa shape index (κ2) is 9.35. The molecule has 0 saturated carbocycles. The number of benzene rings is 5. The number of fused-ring (bicyclic) bond motifs is 2. The lowest BCUT2D eigenvalue weighted by Crippen LogP contribution is -2.16. The van der Waals surface area contributed by atoms with Crippen molar-refractivity contribution < 1.29 is 61.5 Å². The van der Waals surface area contributed by atoms with Gasteiger partial charge in [-0.05, 0) is 23.6 Å². The molecule has 0 heterocycles. The minimum Gasteiger partial charge on any atom is -0.207 e. The van der Waals surface area contributed by atoms with Crippen LogP contribution in [-0.2, 0) is 6.18 Å². The van der Waals surface area contributed by atoms with Crippen LogP contribution in [0.3, 0.4) is 0 Å².